The maximum Gasteiger partial charge on any atom is 0.407 e. The summed E-state index contributed by atoms with van der Waals surface area (Å²) in [6, 6.07) is 15.2. The van der Waals surface area contributed by atoms with Gasteiger partial charge in [0, 0.05) is 12.5 Å². The molecule has 7 heteroatoms. The van der Waals surface area contributed by atoms with Gasteiger partial charge < -0.3 is 20.5 Å². The zero-order chi connectivity index (χ0) is 21.3. The number of benzene rings is 2. The van der Waals surface area contributed by atoms with Gasteiger partial charge in [0.2, 0.25) is 5.91 Å². The monoisotopic (exact) mass is 408 g/mol. The van der Waals surface area contributed by atoms with Crippen LogP contribution in [0.2, 0.25) is 0 Å². The Hall–Kier alpha value is -3.35. The van der Waals surface area contributed by atoms with Crippen molar-refractivity contribution in [1.82, 2.24) is 10.6 Å². The van der Waals surface area contributed by atoms with E-state index in [4.69, 9.17) is 9.84 Å². The molecule has 0 heterocycles. The number of aliphatic carboxylic acids is 1. The highest BCUT2D eigenvalue weighted by Crippen LogP contribution is 2.46. The van der Waals surface area contributed by atoms with Crippen molar-refractivity contribution in [2.24, 2.45) is 5.41 Å². The van der Waals surface area contributed by atoms with Gasteiger partial charge in [0.25, 0.3) is 0 Å². The van der Waals surface area contributed by atoms with Crippen LogP contribution >= 0.6 is 0 Å². The van der Waals surface area contributed by atoms with E-state index >= 15 is 0 Å². The maximum atomic E-state index is 12.3. The van der Waals surface area contributed by atoms with E-state index in [0.29, 0.717) is 12.8 Å². The Kier molecular flexibility index (Phi) is 5.20. The summed E-state index contributed by atoms with van der Waals surface area (Å²) >= 11 is 0. The second-order valence-corrected chi connectivity index (χ2v) is 7.99. The molecule has 30 heavy (non-hydrogen) atoms. The zero-order valence-electron chi connectivity index (χ0n) is 16.7. The second kappa shape index (κ2) is 7.82. The molecule has 0 aromatic heterocycles. The lowest BCUT2D eigenvalue weighted by Gasteiger charge is -2.19. The largest absolute Gasteiger partial charge is 0.480 e. The molecule has 1 fully saturated rings. The molecule has 1 saturated carbocycles. The second-order valence-electron chi connectivity index (χ2n) is 7.99. The number of nitrogens with one attached hydrogen (secondary N) is 2. The van der Waals surface area contributed by atoms with Crippen molar-refractivity contribution in [3.05, 3.63) is 59.7 Å². The van der Waals surface area contributed by atoms with E-state index in [1.54, 1.807) is 0 Å². The lowest BCUT2D eigenvalue weighted by atomic mass is 9.98. The quantitative estimate of drug-likeness (QED) is 0.653. The minimum atomic E-state index is -1.09. The van der Waals surface area contributed by atoms with Gasteiger partial charge in [-0.25, -0.2) is 4.79 Å². The van der Waals surface area contributed by atoms with Crippen molar-refractivity contribution < 1.29 is 24.2 Å². The molecule has 3 N–H and O–H groups in total. The van der Waals surface area contributed by atoms with Crippen molar-refractivity contribution in [2.45, 2.75) is 31.7 Å². The van der Waals surface area contributed by atoms with Crippen LogP contribution in [-0.4, -0.2) is 42.3 Å². The van der Waals surface area contributed by atoms with Crippen LogP contribution in [0.25, 0.3) is 11.1 Å². The third kappa shape index (κ3) is 3.75. The molecule has 2 aliphatic rings. The number of carboxylic acid groups (broad SMARTS) is 1. The van der Waals surface area contributed by atoms with Crippen molar-refractivity contribution >= 4 is 18.0 Å². The molecule has 2 aliphatic carbocycles. The van der Waals surface area contributed by atoms with E-state index in [0.717, 1.165) is 22.3 Å². The number of amides is 2. The predicted octanol–water partition coefficient (Wildman–Crippen LogP) is 2.89. The third-order valence-electron chi connectivity index (χ3n) is 5.97. The van der Waals surface area contributed by atoms with E-state index in [9.17, 15) is 14.4 Å². The van der Waals surface area contributed by atoms with Gasteiger partial charge in [-0.05, 0) is 42.0 Å². The zero-order valence-corrected chi connectivity index (χ0v) is 16.7. The van der Waals surface area contributed by atoms with Gasteiger partial charge in [-0.15, -0.1) is 0 Å². The van der Waals surface area contributed by atoms with E-state index < -0.39 is 23.5 Å². The highest BCUT2D eigenvalue weighted by molar-refractivity contribution is 5.89. The molecule has 156 valence electrons. The maximum absolute atomic E-state index is 12.3. The molecule has 4 rings (SSSR count). The molecule has 7 nitrogen and oxygen atoms in total. The Bertz CT molecular complexity index is 953. The topological polar surface area (TPSA) is 105 Å². The first-order valence-electron chi connectivity index (χ1n) is 10.0. The van der Waals surface area contributed by atoms with Gasteiger partial charge in [0.05, 0.1) is 5.41 Å². The standard InChI is InChI=1S/C23H24N2O5/c1-14(20(26)27)25-21(28)23(10-11-23)13-24-22(29)30-12-19-17-8-4-2-6-15(17)16-7-3-5-9-18(16)19/h2-9,14,19H,10-13H2,1H3,(H,24,29)(H,25,28)(H,26,27). The number of carboxylic acids is 1. The number of ether oxygens (including phenoxy) is 1. The first kappa shape index (κ1) is 19.9. The van der Waals surface area contributed by atoms with Gasteiger partial charge in [0.15, 0.2) is 0 Å². The van der Waals surface area contributed by atoms with Crippen LogP contribution in [0.15, 0.2) is 48.5 Å². The molecule has 1 unspecified atom stereocenters. The molecule has 0 spiro atoms. The van der Waals surface area contributed by atoms with E-state index in [1.165, 1.54) is 6.92 Å². The number of hydrogen-bond donors (Lipinski definition) is 3. The van der Waals surface area contributed by atoms with Gasteiger partial charge in [0.1, 0.15) is 12.6 Å². The number of carbonyl (C=O) groups is 3. The normalized spacial score (nSPS) is 16.7. The summed E-state index contributed by atoms with van der Waals surface area (Å²) in [6.45, 7) is 1.74. The molecule has 0 aliphatic heterocycles. The molecule has 0 saturated heterocycles. The van der Waals surface area contributed by atoms with Crippen molar-refractivity contribution in [2.75, 3.05) is 13.2 Å². The molecule has 2 aromatic carbocycles. The highest BCUT2D eigenvalue weighted by atomic mass is 16.5. The minimum Gasteiger partial charge on any atom is -0.480 e. The van der Waals surface area contributed by atoms with E-state index in [2.05, 4.69) is 34.9 Å². The summed E-state index contributed by atoms with van der Waals surface area (Å²) < 4.78 is 5.49. The molecule has 0 radical (unpaired) electrons. The summed E-state index contributed by atoms with van der Waals surface area (Å²) in [6.07, 6.45) is 0.631. The Morgan fingerprint density at radius 2 is 1.63 bits per heavy atom. The van der Waals surface area contributed by atoms with E-state index in [-0.39, 0.29) is 25.0 Å². The van der Waals surface area contributed by atoms with Crippen molar-refractivity contribution in [3.63, 3.8) is 0 Å². The highest BCUT2D eigenvalue weighted by Gasteiger charge is 2.50. The van der Waals surface area contributed by atoms with E-state index in [1.807, 2.05) is 24.3 Å². The average Bonchev–Trinajstić information content (AvgIpc) is 3.48. The first-order chi connectivity index (χ1) is 14.4. The molecular formula is C23H24N2O5. The van der Waals surface area contributed by atoms with Crippen molar-refractivity contribution in [3.8, 4) is 11.1 Å². The summed E-state index contributed by atoms with van der Waals surface area (Å²) in [5.41, 5.74) is 3.83. The fourth-order valence-corrected chi connectivity index (χ4v) is 3.94. The summed E-state index contributed by atoms with van der Waals surface area (Å²) in [4.78, 5) is 35.6. The van der Waals surface area contributed by atoms with Gasteiger partial charge in [-0.1, -0.05) is 48.5 Å². The van der Waals surface area contributed by atoms with Crippen LogP contribution in [0.1, 0.15) is 36.8 Å². The molecule has 2 amide bonds. The van der Waals surface area contributed by atoms with Gasteiger partial charge >= 0.3 is 12.1 Å². The molecule has 2 aromatic rings. The Morgan fingerprint density at radius 1 is 1.07 bits per heavy atom. The van der Waals surface area contributed by atoms with Crippen LogP contribution in [0, 0.1) is 5.41 Å². The van der Waals surface area contributed by atoms with Crippen LogP contribution in [0.3, 0.4) is 0 Å². The number of hydrogen-bond acceptors (Lipinski definition) is 4. The number of fused-ring (bicyclic) bond motifs is 3. The molecule has 0 bridgehead atoms. The van der Waals surface area contributed by atoms with Crippen LogP contribution in [-0.2, 0) is 14.3 Å². The number of rotatable bonds is 7. The summed E-state index contributed by atoms with van der Waals surface area (Å²) in [7, 11) is 0. The first-order valence-corrected chi connectivity index (χ1v) is 10.0. The molecule has 1 atom stereocenters. The van der Waals surface area contributed by atoms with Crippen molar-refractivity contribution in [1.29, 1.82) is 0 Å². The van der Waals surface area contributed by atoms with Crippen LogP contribution in [0.5, 0.6) is 0 Å². The Labute approximate surface area is 174 Å². The van der Waals surface area contributed by atoms with Crippen LogP contribution < -0.4 is 10.6 Å². The fraction of sp³-hybridized carbons (Fsp3) is 0.348. The van der Waals surface area contributed by atoms with Gasteiger partial charge in [-0.3, -0.25) is 9.59 Å². The summed E-state index contributed by atoms with van der Waals surface area (Å²) in [5, 5.41) is 14.1. The molecular weight excluding hydrogens is 384 g/mol. The fourth-order valence-electron chi connectivity index (χ4n) is 3.94. The SMILES string of the molecule is CC(NC(=O)C1(CNC(=O)OCC2c3ccccc3-c3ccccc32)CC1)C(=O)O. The summed E-state index contributed by atoms with van der Waals surface area (Å²) in [5.74, 6) is -1.47. The predicted molar refractivity (Wildman–Crippen MR) is 110 cm³/mol. The smallest absolute Gasteiger partial charge is 0.407 e. The van der Waals surface area contributed by atoms with Crippen LogP contribution in [0.4, 0.5) is 4.79 Å². The number of alkyl carbamates (subject to hydrolysis) is 1. The lowest BCUT2D eigenvalue weighted by molar-refractivity contribution is -0.142. The number of carbonyl (C=O) groups excluding carboxylic acids is 2. The van der Waals surface area contributed by atoms with Gasteiger partial charge in [-0.2, -0.15) is 0 Å². The lowest BCUT2D eigenvalue weighted by Crippen LogP contribution is -2.46. The Balaban J connectivity index is 1.34. The minimum absolute atomic E-state index is 0.0299. The average molecular weight is 408 g/mol. The Morgan fingerprint density at radius 3 is 2.17 bits per heavy atom. The third-order valence-corrected chi connectivity index (χ3v) is 5.97.